The summed E-state index contributed by atoms with van der Waals surface area (Å²) in [5.74, 6) is 0.809. The standard InChI is InChI=1S/C19H22N2O3/c1-14(22)11-20-19(23)21-12-18(13-21)24-17-9-7-16(8-10-17)15-5-3-2-4-6-15/h2-10,14,18,22H,11-13H2,1H3,(H,20,23)/t14-/m1/s1. The van der Waals surface area contributed by atoms with E-state index < -0.39 is 6.10 Å². The monoisotopic (exact) mass is 326 g/mol. The van der Waals surface area contributed by atoms with Gasteiger partial charge in [-0.25, -0.2) is 4.79 Å². The van der Waals surface area contributed by atoms with Crippen LogP contribution in [-0.2, 0) is 0 Å². The van der Waals surface area contributed by atoms with E-state index in [1.165, 1.54) is 5.56 Å². The molecule has 24 heavy (non-hydrogen) atoms. The molecule has 2 N–H and O–H groups in total. The van der Waals surface area contributed by atoms with Crippen molar-refractivity contribution in [2.75, 3.05) is 19.6 Å². The van der Waals surface area contributed by atoms with Crippen LogP contribution in [0.5, 0.6) is 5.75 Å². The van der Waals surface area contributed by atoms with Gasteiger partial charge in [0.25, 0.3) is 0 Å². The third-order valence-electron chi connectivity index (χ3n) is 3.95. The summed E-state index contributed by atoms with van der Waals surface area (Å²) in [5.41, 5.74) is 2.32. The molecule has 126 valence electrons. The predicted molar refractivity (Wildman–Crippen MR) is 92.9 cm³/mol. The molecule has 2 aromatic carbocycles. The SMILES string of the molecule is C[C@@H](O)CNC(=O)N1CC(Oc2ccc(-c3ccccc3)cc2)C1. The lowest BCUT2D eigenvalue weighted by atomic mass is 10.1. The Balaban J connectivity index is 1.47. The fourth-order valence-corrected chi connectivity index (χ4v) is 2.57. The van der Waals surface area contributed by atoms with E-state index in [0.717, 1.165) is 11.3 Å². The van der Waals surface area contributed by atoms with Gasteiger partial charge in [-0.3, -0.25) is 0 Å². The van der Waals surface area contributed by atoms with Crippen molar-refractivity contribution in [2.45, 2.75) is 19.1 Å². The minimum atomic E-state index is -0.537. The summed E-state index contributed by atoms with van der Waals surface area (Å²) in [6, 6.07) is 18.0. The lowest BCUT2D eigenvalue weighted by molar-refractivity contribution is 0.0433. The Hall–Kier alpha value is -2.53. The van der Waals surface area contributed by atoms with Crippen molar-refractivity contribution in [3.63, 3.8) is 0 Å². The molecule has 1 saturated heterocycles. The molecule has 0 aromatic heterocycles. The highest BCUT2D eigenvalue weighted by Crippen LogP contribution is 2.24. The Morgan fingerprint density at radius 1 is 1.17 bits per heavy atom. The summed E-state index contributed by atoms with van der Waals surface area (Å²) < 4.78 is 5.88. The van der Waals surface area contributed by atoms with Gasteiger partial charge in [0.2, 0.25) is 0 Å². The number of ether oxygens (including phenoxy) is 1. The first kappa shape index (κ1) is 16.3. The first-order valence-corrected chi connectivity index (χ1v) is 8.15. The van der Waals surface area contributed by atoms with Crippen molar-refractivity contribution in [3.05, 3.63) is 54.6 Å². The number of aliphatic hydroxyl groups is 1. The minimum absolute atomic E-state index is 0.0184. The van der Waals surface area contributed by atoms with E-state index in [9.17, 15) is 4.79 Å². The summed E-state index contributed by atoms with van der Waals surface area (Å²) in [4.78, 5) is 13.4. The molecule has 1 aliphatic heterocycles. The van der Waals surface area contributed by atoms with E-state index in [4.69, 9.17) is 9.84 Å². The van der Waals surface area contributed by atoms with Crippen LogP contribution >= 0.6 is 0 Å². The first-order valence-electron chi connectivity index (χ1n) is 8.15. The number of nitrogens with zero attached hydrogens (tertiary/aromatic N) is 1. The third kappa shape index (κ3) is 4.06. The van der Waals surface area contributed by atoms with E-state index in [0.29, 0.717) is 13.1 Å². The predicted octanol–water partition coefficient (Wildman–Crippen LogP) is 2.51. The van der Waals surface area contributed by atoms with Crippen LogP contribution in [0, 0.1) is 0 Å². The zero-order valence-electron chi connectivity index (χ0n) is 13.7. The van der Waals surface area contributed by atoms with Crippen molar-refractivity contribution in [2.24, 2.45) is 0 Å². The van der Waals surface area contributed by atoms with Crippen LogP contribution in [0.4, 0.5) is 4.79 Å². The molecule has 5 heteroatoms. The summed E-state index contributed by atoms with van der Waals surface area (Å²) in [6.07, 6.45) is -0.518. The second-order valence-corrected chi connectivity index (χ2v) is 6.07. The summed E-state index contributed by atoms with van der Waals surface area (Å²) >= 11 is 0. The molecule has 0 saturated carbocycles. The molecule has 2 aromatic rings. The smallest absolute Gasteiger partial charge is 0.317 e. The van der Waals surface area contributed by atoms with E-state index in [-0.39, 0.29) is 18.7 Å². The number of carbonyl (C=O) groups is 1. The molecule has 2 amide bonds. The third-order valence-corrected chi connectivity index (χ3v) is 3.95. The van der Waals surface area contributed by atoms with Gasteiger partial charge in [0.15, 0.2) is 0 Å². The molecule has 0 spiro atoms. The van der Waals surface area contributed by atoms with Gasteiger partial charge in [-0.1, -0.05) is 42.5 Å². The van der Waals surface area contributed by atoms with Crippen molar-refractivity contribution in [3.8, 4) is 16.9 Å². The number of hydrogen-bond acceptors (Lipinski definition) is 3. The van der Waals surface area contributed by atoms with Crippen LogP contribution in [0.2, 0.25) is 0 Å². The number of rotatable bonds is 5. The molecule has 1 atom stereocenters. The van der Waals surface area contributed by atoms with Gasteiger partial charge in [0, 0.05) is 6.54 Å². The maximum absolute atomic E-state index is 11.8. The largest absolute Gasteiger partial charge is 0.487 e. The normalized spacial score (nSPS) is 15.5. The Morgan fingerprint density at radius 2 is 1.79 bits per heavy atom. The number of aliphatic hydroxyl groups excluding tert-OH is 1. The van der Waals surface area contributed by atoms with Crippen LogP contribution in [0.3, 0.4) is 0 Å². The van der Waals surface area contributed by atoms with Crippen molar-refractivity contribution >= 4 is 6.03 Å². The second kappa shape index (κ2) is 7.36. The van der Waals surface area contributed by atoms with E-state index in [1.807, 2.05) is 42.5 Å². The highest BCUT2D eigenvalue weighted by molar-refractivity contribution is 5.75. The van der Waals surface area contributed by atoms with Gasteiger partial charge in [-0.2, -0.15) is 0 Å². The molecule has 0 bridgehead atoms. The second-order valence-electron chi connectivity index (χ2n) is 6.07. The van der Waals surface area contributed by atoms with Crippen LogP contribution in [0.25, 0.3) is 11.1 Å². The number of benzene rings is 2. The maximum atomic E-state index is 11.8. The van der Waals surface area contributed by atoms with E-state index in [2.05, 4.69) is 17.4 Å². The van der Waals surface area contributed by atoms with Gasteiger partial charge in [0.05, 0.1) is 19.2 Å². The summed E-state index contributed by atoms with van der Waals surface area (Å²) in [6.45, 7) is 3.03. The van der Waals surface area contributed by atoms with Crippen LogP contribution in [-0.4, -0.2) is 47.9 Å². The average molecular weight is 326 g/mol. The van der Waals surface area contributed by atoms with Gasteiger partial charge in [-0.15, -0.1) is 0 Å². The Morgan fingerprint density at radius 3 is 2.42 bits per heavy atom. The molecular weight excluding hydrogens is 304 g/mol. The van der Waals surface area contributed by atoms with Crippen molar-refractivity contribution < 1.29 is 14.6 Å². The molecule has 1 heterocycles. The Bertz CT molecular complexity index is 665. The molecule has 3 rings (SSSR count). The number of amides is 2. The molecule has 5 nitrogen and oxygen atoms in total. The van der Waals surface area contributed by atoms with Gasteiger partial charge >= 0.3 is 6.03 Å². The van der Waals surface area contributed by atoms with Crippen LogP contribution < -0.4 is 10.1 Å². The molecule has 0 radical (unpaired) electrons. The number of carbonyl (C=O) groups excluding carboxylic acids is 1. The lowest BCUT2D eigenvalue weighted by Crippen LogP contribution is -2.59. The average Bonchev–Trinajstić information content (AvgIpc) is 2.57. The summed E-state index contributed by atoms with van der Waals surface area (Å²) in [7, 11) is 0. The first-order chi connectivity index (χ1) is 11.6. The summed E-state index contributed by atoms with van der Waals surface area (Å²) in [5, 5.41) is 11.8. The van der Waals surface area contributed by atoms with Crippen molar-refractivity contribution in [1.29, 1.82) is 0 Å². The highest BCUT2D eigenvalue weighted by Gasteiger charge is 2.32. The lowest BCUT2D eigenvalue weighted by Gasteiger charge is -2.38. The zero-order valence-corrected chi connectivity index (χ0v) is 13.7. The fraction of sp³-hybridized carbons (Fsp3) is 0.316. The Labute approximate surface area is 141 Å². The van der Waals surface area contributed by atoms with Gasteiger partial charge < -0.3 is 20.1 Å². The van der Waals surface area contributed by atoms with Crippen LogP contribution in [0.15, 0.2) is 54.6 Å². The van der Waals surface area contributed by atoms with E-state index >= 15 is 0 Å². The number of likely N-dealkylation sites (tertiary alicyclic amines) is 1. The van der Waals surface area contributed by atoms with Crippen LogP contribution in [0.1, 0.15) is 6.92 Å². The molecule has 0 unspecified atom stereocenters. The van der Waals surface area contributed by atoms with Crippen molar-refractivity contribution in [1.82, 2.24) is 10.2 Å². The number of urea groups is 1. The number of hydrogen-bond donors (Lipinski definition) is 2. The van der Waals surface area contributed by atoms with Gasteiger partial charge in [0.1, 0.15) is 11.9 Å². The maximum Gasteiger partial charge on any atom is 0.317 e. The quantitative estimate of drug-likeness (QED) is 0.887. The molecule has 1 fully saturated rings. The molecular formula is C19H22N2O3. The van der Waals surface area contributed by atoms with Gasteiger partial charge in [-0.05, 0) is 30.2 Å². The fourth-order valence-electron chi connectivity index (χ4n) is 2.57. The Kier molecular flexibility index (Phi) is 5.01. The zero-order chi connectivity index (χ0) is 16.9. The molecule has 0 aliphatic carbocycles. The topological polar surface area (TPSA) is 61.8 Å². The molecule has 1 aliphatic rings. The minimum Gasteiger partial charge on any atom is -0.487 e. The number of nitrogens with one attached hydrogen (secondary N) is 1. The van der Waals surface area contributed by atoms with E-state index in [1.54, 1.807) is 11.8 Å². The highest BCUT2D eigenvalue weighted by atomic mass is 16.5.